The molecule has 5 rings (SSSR count). The SMILES string of the molecule is C=CC(=O)Nc1ccc2c(Cn3nc(C(=O)Nc4cccc(C)c4)c4c3C(C)CNC4)cccc2c1. The molecule has 0 radical (unpaired) electrons. The molecule has 36 heavy (non-hydrogen) atoms. The Hall–Kier alpha value is -4.23. The van der Waals surface area contributed by atoms with Crippen molar-refractivity contribution in [2.75, 3.05) is 17.2 Å². The number of aryl methyl sites for hydroxylation is 1. The van der Waals surface area contributed by atoms with Gasteiger partial charge in [-0.3, -0.25) is 14.3 Å². The largest absolute Gasteiger partial charge is 0.323 e. The van der Waals surface area contributed by atoms with Crippen LogP contribution < -0.4 is 16.0 Å². The fraction of sp³-hybridized carbons (Fsp3) is 0.207. The van der Waals surface area contributed by atoms with E-state index < -0.39 is 0 Å². The third-order valence-electron chi connectivity index (χ3n) is 6.55. The molecule has 1 aliphatic heterocycles. The number of fused-ring (bicyclic) bond motifs is 2. The van der Waals surface area contributed by atoms with Crippen LogP contribution in [0.2, 0.25) is 0 Å². The molecule has 3 aromatic carbocycles. The molecule has 0 spiro atoms. The Kier molecular flexibility index (Phi) is 6.40. The minimum atomic E-state index is -0.243. The molecule has 182 valence electrons. The Morgan fingerprint density at radius 2 is 1.92 bits per heavy atom. The Labute approximate surface area is 210 Å². The van der Waals surface area contributed by atoms with Gasteiger partial charge in [-0.1, -0.05) is 49.9 Å². The topological polar surface area (TPSA) is 88.0 Å². The van der Waals surface area contributed by atoms with Crippen molar-refractivity contribution in [3.05, 3.63) is 101 Å². The molecule has 0 saturated carbocycles. The molecular weight excluding hydrogens is 450 g/mol. The van der Waals surface area contributed by atoms with Crippen LogP contribution in [0.3, 0.4) is 0 Å². The summed E-state index contributed by atoms with van der Waals surface area (Å²) >= 11 is 0. The highest BCUT2D eigenvalue weighted by Gasteiger charge is 2.29. The van der Waals surface area contributed by atoms with Crippen LogP contribution in [0.4, 0.5) is 11.4 Å². The second-order valence-electron chi connectivity index (χ2n) is 9.27. The number of nitrogens with one attached hydrogen (secondary N) is 3. The summed E-state index contributed by atoms with van der Waals surface area (Å²) < 4.78 is 1.98. The maximum Gasteiger partial charge on any atom is 0.276 e. The van der Waals surface area contributed by atoms with Crippen molar-refractivity contribution in [1.82, 2.24) is 15.1 Å². The first-order valence-corrected chi connectivity index (χ1v) is 12.1. The Morgan fingerprint density at radius 1 is 1.11 bits per heavy atom. The molecule has 7 nitrogen and oxygen atoms in total. The molecule has 1 unspecified atom stereocenters. The number of rotatable bonds is 6. The van der Waals surface area contributed by atoms with Gasteiger partial charge in [-0.25, -0.2) is 0 Å². The summed E-state index contributed by atoms with van der Waals surface area (Å²) in [6.45, 7) is 9.65. The lowest BCUT2D eigenvalue weighted by Crippen LogP contribution is -2.29. The van der Waals surface area contributed by atoms with E-state index in [2.05, 4.69) is 35.5 Å². The van der Waals surface area contributed by atoms with Crippen LogP contribution in [-0.4, -0.2) is 28.1 Å². The van der Waals surface area contributed by atoms with Crippen LogP contribution in [0, 0.1) is 6.92 Å². The first-order valence-electron chi connectivity index (χ1n) is 12.1. The van der Waals surface area contributed by atoms with Crippen LogP contribution in [-0.2, 0) is 17.9 Å². The van der Waals surface area contributed by atoms with E-state index in [1.807, 2.05) is 66.2 Å². The highest BCUT2D eigenvalue weighted by molar-refractivity contribution is 6.04. The summed E-state index contributed by atoms with van der Waals surface area (Å²) in [5.74, 6) is -0.225. The van der Waals surface area contributed by atoms with Gasteiger partial charge in [-0.2, -0.15) is 5.10 Å². The van der Waals surface area contributed by atoms with E-state index in [9.17, 15) is 9.59 Å². The van der Waals surface area contributed by atoms with Crippen LogP contribution in [0.15, 0.2) is 73.3 Å². The number of carbonyl (C=O) groups excluding carboxylic acids is 2. The molecular formula is C29H29N5O2. The van der Waals surface area contributed by atoms with Gasteiger partial charge in [0.05, 0.1) is 6.54 Å². The van der Waals surface area contributed by atoms with Crippen molar-refractivity contribution in [2.45, 2.75) is 32.9 Å². The lowest BCUT2D eigenvalue weighted by atomic mass is 9.97. The van der Waals surface area contributed by atoms with Crippen LogP contribution >= 0.6 is 0 Å². The highest BCUT2D eigenvalue weighted by atomic mass is 16.2. The van der Waals surface area contributed by atoms with Crippen molar-refractivity contribution in [2.24, 2.45) is 0 Å². The zero-order valence-electron chi connectivity index (χ0n) is 20.5. The van der Waals surface area contributed by atoms with Crippen molar-refractivity contribution in [3.8, 4) is 0 Å². The Morgan fingerprint density at radius 3 is 2.72 bits per heavy atom. The van der Waals surface area contributed by atoms with Gasteiger partial charge in [0, 0.05) is 41.6 Å². The molecule has 4 aromatic rings. The molecule has 0 saturated heterocycles. The summed E-state index contributed by atoms with van der Waals surface area (Å²) in [7, 11) is 0. The summed E-state index contributed by atoms with van der Waals surface area (Å²) in [5.41, 5.74) is 6.16. The molecule has 1 aliphatic rings. The third kappa shape index (κ3) is 4.65. The zero-order valence-corrected chi connectivity index (χ0v) is 20.5. The van der Waals surface area contributed by atoms with Gasteiger partial charge in [-0.15, -0.1) is 0 Å². The van der Waals surface area contributed by atoms with Crippen LogP contribution in [0.5, 0.6) is 0 Å². The van der Waals surface area contributed by atoms with E-state index in [-0.39, 0.29) is 17.7 Å². The minimum Gasteiger partial charge on any atom is -0.323 e. The van der Waals surface area contributed by atoms with E-state index in [1.54, 1.807) is 0 Å². The molecule has 0 aliphatic carbocycles. The molecule has 2 amide bonds. The lowest BCUT2D eigenvalue weighted by Gasteiger charge is -2.22. The predicted octanol–water partition coefficient (Wildman–Crippen LogP) is 4.98. The van der Waals surface area contributed by atoms with E-state index in [0.717, 1.165) is 51.1 Å². The van der Waals surface area contributed by atoms with Crippen molar-refractivity contribution in [1.29, 1.82) is 0 Å². The molecule has 1 aromatic heterocycles. The number of hydrogen-bond acceptors (Lipinski definition) is 4. The van der Waals surface area contributed by atoms with E-state index in [1.165, 1.54) is 6.08 Å². The summed E-state index contributed by atoms with van der Waals surface area (Å²) in [4.78, 5) is 25.0. The molecule has 0 bridgehead atoms. The van der Waals surface area contributed by atoms with Gasteiger partial charge in [0.2, 0.25) is 5.91 Å². The van der Waals surface area contributed by atoms with Gasteiger partial charge >= 0.3 is 0 Å². The number of nitrogens with zero attached hydrogens (tertiary/aromatic N) is 2. The number of anilines is 2. The Balaban J connectivity index is 1.49. The van der Waals surface area contributed by atoms with Crippen molar-refractivity contribution < 1.29 is 9.59 Å². The zero-order chi connectivity index (χ0) is 25.2. The molecule has 0 fully saturated rings. The molecule has 1 atom stereocenters. The van der Waals surface area contributed by atoms with Crippen LogP contribution in [0.1, 0.15) is 45.7 Å². The van der Waals surface area contributed by atoms with E-state index in [0.29, 0.717) is 18.8 Å². The van der Waals surface area contributed by atoms with Crippen molar-refractivity contribution in [3.63, 3.8) is 0 Å². The summed E-state index contributed by atoms with van der Waals surface area (Å²) in [6.07, 6.45) is 1.25. The predicted molar refractivity (Wildman–Crippen MR) is 143 cm³/mol. The number of benzene rings is 3. The molecule has 2 heterocycles. The van der Waals surface area contributed by atoms with Gasteiger partial charge in [0.1, 0.15) is 0 Å². The average Bonchev–Trinajstić information content (AvgIpc) is 3.24. The second-order valence-corrected chi connectivity index (χ2v) is 9.27. The van der Waals surface area contributed by atoms with Crippen LogP contribution in [0.25, 0.3) is 10.8 Å². The summed E-state index contributed by atoms with van der Waals surface area (Å²) in [5, 5.41) is 16.2. The quantitative estimate of drug-likeness (QED) is 0.341. The van der Waals surface area contributed by atoms with E-state index >= 15 is 0 Å². The van der Waals surface area contributed by atoms with Gasteiger partial charge in [0.25, 0.3) is 5.91 Å². The van der Waals surface area contributed by atoms with Crippen molar-refractivity contribution >= 4 is 34.0 Å². The number of amides is 2. The number of carbonyl (C=O) groups is 2. The average molecular weight is 480 g/mol. The second kappa shape index (κ2) is 9.79. The smallest absolute Gasteiger partial charge is 0.276 e. The van der Waals surface area contributed by atoms with Gasteiger partial charge < -0.3 is 16.0 Å². The normalized spacial score (nSPS) is 14.8. The van der Waals surface area contributed by atoms with E-state index in [4.69, 9.17) is 5.10 Å². The van der Waals surface area contributed by atoms with Gasteiger partial charge in [-0.05, 0) is 59.2 Å². The number of aromatic nitrogens is 2. The van der Waals surface area contributed by atoms with Gasteiger partial charge in [0.15, 0.2) is 5.69 Å². The standard InChI is InChI=1S/C29H29N5O2/c1-4-26(35)31-23-11-12-24-20(14-23)8-6-9-21(24)17-34-28-19(3)15-30-16-25(28)27(33-34)29(36)32-22-10-5-7-18(2)13-22/h4-14,19,30H,1,15-17H2,2-3H3,(H,31,35)(H,32,36). The molecule has 3 N–H and O–H groups in total. The molecule has 7 heteroatoms. The monoisotopic (exact) mass is 479 g/mol. The Bertz CT molecular complexity index is 1490. The lowest BCUT2D eigenvalue weighted by molar-refractivity contribution is -0.111. The first-order chi connectivity index (χ1) is 17.4. The fourth-order valence-electron chi connectivity index (χ4n) is 4.89. The maximum absolute atomic E-state index is 13.3. The number of hydrogen-bond donors (Lipinski definition) is 3. The summed E-state index contributed by atoms with van der Waals surface area (Å²) in [6, 6.07) is 19.7. The first kappa shape index (κ1) is 23.5. The maximum atomic E-state index is 13.3. The highest BCUT2D eigenvalue weighted by Crippen LogP contribution is 2.30. The minimum absolute atomic E-state index is 0.202. The third-order valence-corrected chi connectivity index (χ3v) is 6.55. The fourth-order valence-corrected chi connectivity index (χ4v) is 4.89.